The van der Waals surface area contributed by atoms with E-state index < -0.39 is 0 Å². The van der Waals surface area contributed by atoms with E-state index in [1.807, 2.05) is 36.4 Å². The second-order valence-corrected chi connectivity index (χ2v) is 8.44. The maximum absolute atomic E-state index is 12.3. The van der Waals surface area contributed by atoms with Gasteiger partial charge in [-0.25, -0.2) is 9.67 Å². The third kappa shape index (κ3) is 10.3. The van der Waals surface area contributed by atoms with Gasteiger partial charge in [-0.1, -0.05) is 96.3 Å². The fourth-order valence-corrected chi connectivity index (χ4v) is 3.64. The molecule has 0 saturated heterocycles. The minimum atomic E-state index is -0.0818. The highest BCUT2D eigenvalue weighted by atomic mass is 16.5. The molecule has 0 aliphatic rings. The molecule has 0 radical (unpaired) electrons. The van der Waals surface area contributed by atoms with E-state index in [0.717, 1.165) is 24.9 Å². The Labute approximate surface area is 193 Å². The lowest BCUT2D eigenvalue weighted by molar-refractivity contribution is -0.118. The van der Waals surface area contributed by atoms with Crippen LogP contribution in [0.25, 0.3) is 5.69 Å². The van der Waals surface area contributed by atoms with Crippen molar-refractivity contribution in [3.8, 4) is 11.6 Å². The van der Waals surface area contributed by atoms with Crippen molar-refractivity contribution in [1.82, 2.24) is 9.78 Å². The number of rotatable bonds is 16. The molecule has 1 heterocycles. The predicted octanol–water partition coefficient (Wildman–Crippen LogP) is 6.79. The Balaban J connectivity index is 1.98. The van der Waals surface area contributed by atoms with Crippen LogP contribution in [-0.4, -0.2) is 22.3 Å². The first kappa shape index (κ1) is 25.8. The quantitative estimate of drug-likeness (QED) is 0.271. The van der Waals surface area contributed by atoms with Crippen LogP contribution in [0.15, 0.2) is 47.6 Å². The van der Waals surface area contributed by atoms with Gasteiger partial charge in [0, 0.05) is 12.5 Å². The number of ether oxygens (including phenoxy) is 1. The molecule has 5 heteroatoms. The number of para-hydroxylation sites is 1. The molecule has 0 unspecified atom stereocenters. The average molecular weight is 440 g/mol. The lowest BCUT2D eigenvalue weighted by Crippen LogP contribution is -2.15. The van der Waals surface area contributed by atoms with Gasteiger partial charge in [0.15, 0.2) is 0 Å². The van der Waals surface area contributed by atoms with Crippen LogP contribution in [0.2, 0.25) is 0 Å². The molecule has 32 heavy (non-hydrogen) atoms. The second kappa shape index (κ2) is 16.2. The van der Waals surface area contributed by atoms with Crippen LogP contribution in [0.4, 0.5) is 0 Å². The van der Waals surface area contributed by atoms with Crippen molar-refractivity contribution in [1.29, 1.82) is 0 Å². The first-order chi connectivity index (χ1) is 15.7. The molecule has 0 aliphatic carbocycles. The predicted molar refractivity (Wildman–Crippen MR) is 131 cm³/mol. The Kier molecular flexibility index (Phi) is 13.1. The highest BCUT2D eigenvalue weighted by molar-refractivity contribution is 5.76. The van der Waals surface area contributed by atoms with Crippen LogP contribution in [0, 0.1) is 0 Å². The Hall–Kier alpha value is -2.43. The van der Waals surface area contributed by atoms with E-state index in [0.29, 0.717) is 24.3 Å². The zero-order chi connectivity index (χ0) is 22.9. The summed E-state index contributed by atoms with van der Waals surface area (Å²) in [5, 5.41) is 5.08. The number of amides is 1. The van der Waals surface area contributed by atoms with Gasteiger partial charge in [0.05, 0.1) is 23.8 Å². The topological polar surface area (TPSA) is 56.5 Å². The monoisotopic (exact) mass is 439 g/mol. The van der Waals surface area contributed by atoms with Crippen LogP contribution in [0.3, 0.4) is 0 Å². The number of carbonyl (C=O) groups excluding carboxylic acids is 1. The largest absolute Gasteiger partial charge is 0.478 e. The number of hydrogen-bond acceptors (Lipinski definition) is 3. The zero-order valence-corrected chi connectivity index (χ0v) is 20.1. The SMILES string of the molecule is CCCCCCCCOc1cc(=NC(=O)CCCCCCCC)cnn1-c1ccccc1. The Morgan fingerprint density at radius 1 is 0.875 bits per heavy atom. The van der Waals surface area contributed by atoms with Crippen LogP contribution in [-0.2, 0) is 4.79 Å². The minimum Gasteiger partial charge on any atom is -0.478 e. The van der Waals surface area contributed by atoms with Crippen molar-refractivity contribution in [2.75, 3.05) is 6.61 Å². The third-order valence-corrected chi connectivity index (χ3v) is 5.53. The number of carbonyl (C=O) groups is 1. The highest BCUT2D eigenvalue weighted by Gasteiger charge is 2.07. The van der Waals surface area contributed by atoms with Gasteiger partial charge in [-0.15, -0.1) is 0 Å². The van der Waals surface area contributed by atoms with Gasteiger partial charge in [-0.05, 0) is 25.0 Å². The number of hydrogen-bond donors (Lipinski definition) is 0. The lowest BCUT2D eigenvalue weighted by Gasteiger charge is -2.13. The number of benzene rings is 1. The van der Waals surface area contributed by atoms with E-state index in [9.17, 15) is 4.79 Å². The molecule has 1 aromatic heterocycles. The van der Waals surface area contributed by atoms with E-state index in [4.69, 9.17) is 4.74 Å². The van der Waals surface area contributed by atoms with E-state index in [1.165, 1.54) is 57.8 Å². The van der Waals surface area contributed by atoms with Gasteiger partial charge >= 0.3 is 0 Å². The Bertz CT molecular complexity index is 830. The van der Waals surface area contributed by atoms with Crippen LogP contribution in [0.1, 0.15) is 97.3 Å². The first-order valence-corrected chi connectivity index (χ1v) is 12.6. The molecule has 2 aromatic rings. The molecule has 5 nitrogen and oxygen atoms in total. The summed E-state index contributed by atoms with van der Waals surface area (Å²) in [5.74, 6) is 0.542. The summed E-state index contributed by atoms with van der Waals surface area (Å²) in [4.78, 5) is 16.6. The van der Waals surface area contributed by atoms with Crippen molar-refractivity contribution in [2.24, 2.45) is 4.99 Å². The summed E-state index contributed by atoms with van der Waals surface area (Å²) in [6.45, 7) is 5.08. The van der Waals surface area contributed by atoms with Gasteiger partial charge in [-0.3, -0.25) is 4.79 Å². The average Bonchev–Trinajstić information content (AvgIpc) is 2.81. The third-order valence-electron chi connectivity index (χ3n) is 5.53. The summed E-state index contributed by atoms with van der Waals surface area (Å²) < 4.78 is 7.86. The minimum absolute atomic E-state index is 0.0818. The van der Waals surface area contributed by atoms with Gasteiger partial charge < -0.3 is 4.74 Å². The van der Waals surface area contributed by atoms with E-state index in [1.54, 1.807) is 10.9 Å². The Morgan fingerprint density at radius 3 is 2.19 bits per heavy atom. The summed E-state index contributed by atoms with van der Waals surface area (Å²) >= 11 is 0. The summed E-state index contributed by atoms with van der Waals surface area (Å²) in [7, 11) is 0. The van der Waals surface area contributed by atoms with Crippen molar-refractivity contribution in [3.63, 3.8) is 0 Å². The molecule has 0 N–H and O–H groups in total. The van der Waals surface area contributed by atoms with E-state index in [-0.39, 0.29) is 5.91 Å². The zero-order valence-electron chi connectivity index (χ0n) is 20.1. The summed E-state index contributed by atoms with van der Waals surface area (Å²) in [6, 6.07) is 11.7. The fourth-order valence-electron chi connectivity index (χ4n) is 3.64. The van der Waals surface area contributed by atoms with Crippen molar-refractivity contribution in [2.45, 2.75) is 97.3 Å². The summed E-state index contributed by atoms with van der Waals surface area (Å²) in [5.41, 5.74) is 0.926. The smallest absolute Gasteiger partial charge is 0.246 e. The molecule has 0 atom stereocenters. The molecule has 1 aromatic carbocycles. The van der Waals surface area contributed by atoms with E-state index >= 15 is 0 Å². The van der Waals surface area contributed by atoms with Gasteiger partial charge in [0.1, 0.15) is 0 Å². The van der Waals surface area contributed by atoms with Crippen molar-refractivity contribution < 1.29 is 9.53 Å². The Morgan fingerprint density at radius 2 is 1.50 bits per heavy atom. The van der Waals surface area contributed by atoms with Crippen molar-refractivity contribution in [3.05, 3.63) is 48.0 Å². The molecule has 176 valence electrons. The maximum atomic E-state index is 12.3. The van der Waals surface area contributed by atoms with Crippen LogP contribution < -0.4 is 10.1 Å². The molecular weight excluding hydrogens is 398 g/mol. The fraction of sp³-hybridized carbons (Fsp3) is 0.593. The molecular formula is C27H41N3O2. The molecule has 0 fully saturated rings. The maximum Gasteiger partial charge on any atom is 0.246 e. The van der Waals surface area contributed by atoms with Gasteiger partial charge in [0.2, 0.25) is 11.8 Å². The number of aromatic nitrogens is 2. The van der Waals surface area contributed by atoms with Gasteiger partial charge in [0.25, 0.3) is 0 Å². The van der Waals surface area contributed by atoms with Crippen LogP contribution >= 0.6 is 0 Å². The van der Waals surface area contributed by atoms with E-state index in [2.05, 4.69) is 23.9 Å². The number of nitrogens with zero attached hydrogens (tertiary/aromatic N) is 3. The van der Waals surface area contributed by atoms with Gasteiger partial charge in [-0.2, -0.15) is 5.10 Å². The lowest BCUT2D eigenvalue weighted by atomic mass is 10.1. The molecule has 0 saturated carbocycles. The first-order valence-electron chi connectivity index (χ1n) is 12.6. The standard InChI is InChI=1S/C27H41N3O2/c1-3-5-7-9-11-16-20-26(31)29-24-22-27(32-21-17-12-10-8-6-4-2)30(28-23-24)25-18-14-13-15-19-25/h13-15,18-19,22-23H,3-12,16-17,20-21H2,1-2H3. The molecule has 2 rings (SSSR count). The normalized spacial score (nSPS) is 11.6. The molecule has 1 amide bonds. The second-order valence-electron chi connectivity index (χ2n) is 8.44. The molecule has 0 aliphatic heterocycles. The molecule has 0 spiro atoms. The van der Waals surface area contributed by atoms with Crippen molar-refractivity contribution >= 4 is 5.91 Å². The highest BCUT2D eigenvalue weighted by Crippen LogP contribution is 2.15. The molecule has 0 bridgehead atoms. The van der Waals surface area contributed by atoms with Crippen LogP contribution in [0.5, 0.6) is 5.88 Å². The summed E-state index contributed by atoms with van der Waals surface area (Å²) in [6.07, 6.45) is 16.4. The number of unbranched alkanes of at least 4 members (excludes halogenated alkanes) is 10.